The van der Waals surface area contributed by atoms with Crippen molar-refractivity contribution < 1.29 is 4.74 Å². The first kappa shape index (κ1) is 12.5. The molecule has 2 N–H and O–H groups in total. The van der Waals surface area contributed by atoms with E-state index in [0.717, 1.165) is 11.3 Å². The standard InChI is InChI=1S/C13H18N2O/c1-10(2)11-6-4-5-7-12(11)16-9-13(3,15)8-14/h4-7,10H,9,15H2,1-3H3. The molecule has 0 saturated carbocycles. The third-order valence-corrected chi connectivity index (χ3v) is 2.32. The minimum absolute atomic E-state index is 0.202. The average molecular weight is 218 g/mol. The Morgan fingerprint density at radius 3 is 2.62 bits per heavy atom. The fraction of sp³-hybridized carbons (Fsp3) is 0.462. The molecule has 3 heteroatoms. The van der Waals surface area contributed by atoms with Gasteiger partial charge in [-0.2, -0.15) is 5.26 Å². The Balaban J connectivity index is 2.79. The molecule has 0 aromatic heterocycles. The second-order valence-electron chi connectivity index (χ2n) is 4.51. The van der Waals surface area contributed by atoms with Gasteiger partial charge in [-0.1, -0.05) is 32.0 Å². The third-order valence-electron chi connectivity index (χ3n) is 2.32. The van der Waals surface area contributed by atoms with Crippen LogP contribution in [0.1, 0.15) is 32.3 Å². The fourth-order valence-corrected chi connectivity index (χ4v) is 1.35. The molecule has 0 bridgehead atoms. The minimum Gasteiger partial charge on any atom is -0.490 e. The maximum Gasteiger partial charge on any atom is 0.135 e. The quantitative estimate of drug-likeness (QED) is 0.844. The van der Waals surface area contributed by atoms with Gasteiger partial charge in [-0.15, -0.1) is 0 Å². The molecule has 86 valence electrons. The van der Waals surface area contributed by atoms with Crippen LogP contribution in [-0.4, -0.2) is 12.1 Å². The molecule has 0 amide bonds. The number of nitriles is 1. The number of nitrogens with two attached hydrogens (primary N) is 1. The summed E-state index contributed by atoms with van der Waals surface area (Å²) in [7, 11) is 0. The highest BCUT2D eigenvalue weighted by molar-refractivity contribution is 5.35. The molecule has 0 radical (unpaired) electrons. The van der Waals surface area contributed by atoms with E-state index in [4.69, 9.17) is 15.7 Å². The Morgan fingerprint density at radius 2 is 2.06 bits per heavy atom. The van der Waals surface area contributed by atoms with Crippen LogP contribution in [-0.2, 0) is 0 Å². The lowest BCUT2D eigenvalue weighted by Crippen LogP contribution is -2.40. The molecular formula is C13H18N2O. The molecule has 1 atom stereocenters. The smallest absolute Gasteiger partial charge is 0.135 e. The molecule has 0 aliphatic heterocycles. The predicted octanol–water partition coefficient (Wildman–Crippen LogP) is 2.43. The fourth-order valence-electron chi connectivity index (χ4n) is 1.35. The Morgan fingerprint density at radius 1 is 1.44 bits per heavy atom. The van der Waals surface area contributed by atoms with Gasteiger partial charge in [0.25, 0.3) is 0 Å². The molecule has 0 heterocycles. The lowest BCUT2D eigenvalue weighted by Gasteiger charge is -2.19. The number of para-hydroxylation sites is 1. The van der Waals surface area contributed by atoms with Crippen molar-refractivity contribution in [3.8, 4) is 11.8 Å². The Kier molecular flexibility index (Phi) is 3.92. The highest BCUT2D eigenvalue weighted by Crippen LogP contribution is 2.26. The molecule has 0 saturated heterocycles. The Labute approximate surface area is 96.8 Å². The van der Waals surface area contributed by atoms with E-state index in [0.29, 0.717) is 5.92 Å². The average Bonchev–Trinajstić information content (AvgIpc) is 2.27. The summed E-state index contributed by atoms with van der Waals surface area (Å²) in [6.07, 6.45) is 0. The van der Waals surface area contributed by atoms with Gasteiger partial charge < -0.3 is 10.5 Å². The zero-order valence-electron chi connectivity index (χ0n) is 10.0. The summed E-state index contributed by atoms with van der Waals surface area (Å²) in [4.78, 5) is 0. The van der Waals surface area contributed by atoms with Crippen molar-refractivity contribution in [3.63, 3.8) is 0 Å². The second kappa shape index (κ2) is 5.00. The van der Waals surface area contributed by atoms with Crippen molar-refractivity contribution in [2.24, 2.45) is 5.73 Å². The summed E-state index contributed by atoms with van der Waals surface area (Å²) in [6.45, 7) is 6.07. The minimum atomic E-state index is -0.940. The number of hydrogen-bond donors (Lipinski definition) is 1. The van der Waals surface area contributed by atoms with Crippen molar-refractivity contribution in [2.75, 3.05) is 6.61 Å². The van der Waals surface area contributed by atoms with Crippen molar-refractivity contribution in [1.82, 2.24) is 0 Å². The monoisotopic (exact) mass is 218 g/mol. The van der Waals surface area contributed by atoms with Crippen LogP contribution in [0.4, 0.5) is 0 Å². The summed E-state index contributed by atoms with van der Waals surface area (Å²) in [6, 6.07) is 9.84. The molecule has 0 spiro atoms. The SMILES string of the molecule is CC(C)c1ccccc1OCC(C)(N)C#N. The molecule has 1 rings (SSSR count). The van der Waals surface area contributed by atoms with Gasteiger partial charge in [0.2, 0.25) is 0 Å². The molecule has 0 fully saturated rings. The maximum absolute atomic E-state index is 8.80. The van der Waals surface area contributed by atoms with Crippen molar-refractivity contribution in [3.05, 3.63) is 29.8 Å². The summed E-state index contributed by atoms with van der Waals surface area (Å²) in [5.74, 6) is 1.20. The lowest BCUT2D eigenvalue weighted by atomic mass is 10.0. The molecular weight excluding hydrogens is 200 g/mol. The largest absolute Gasteiger partial charge is 0.490 e. The highest BCUT2D eigenvalue weighted by atomic mass is 16.5. The summed E-state index contributed by atoms with van der Waals surface area (Å²) < 4.78 is 5.61. The Hall–Kier alpha value is -1.53. The van der Waals surface area contributed by atoms with Crippen LogP contribution in [0.3, 0.4) is 0 Å². The van der Waals surface area contributed by atoms with Crippen LogP contribution in [0.25, 0.3) is 0 Å². The van der Waals surface area contributed by atoms with Crippen molar-refractivity contribution in [1.29, 1.82) is 5.26 Å². The van der Waals surface area contributed by atoms with Crippen LogP contribution < -0.4 is 10.5 Å². The van der Waals surface area contributed by atoms with Gasteiger partial charge in [-0.05, 0) is 24.5 Å². The number of rotatable bonds is 4. The van der Waals surface area contributed by atoms with E-state index in [1.807, 2.05) is 30.3 Å². The highest BCUT2D eigenvalue weighted by Gasteiger charge is 2.19. The van der Waals surface area contributed by atoms with Crippen LogP contribution in [0, 0.1) is 11.3 Å². The Bertz CT molecular complexity index is 391. The third kappa shape index (κ3) is 3.25. The van der Waals surface area contributed by atoms with E-state index in [9.17, 15) is 0 Å². The first-order valence-corrected chi connectivity index (χ1v) is 5.38. The van der Waals surface area contributed by atoms with E-state index >= 15 is 0 Å². The number of nitrogens with zero attached hydrogens (tertiary/aromatic N) is 1. The molecule has 1 unspecified atom stereocenters. The summed E-state index contributed by atoms with van der Waals surface area (Å²) in [5.41, 5.74) is 5.90. The zero-order chi connectivity index (χ0) is 12.2. The van der Waals surface area contributed by atoms with Gasteiger partial charge in [-0.3, -0.25) is 0 Å². The van der Waals surface area contributed by atoms with Gasteiger partial charge in [0.1, 0.15) is 17.9 Å². The van der Waals surface area contributed by atoms with E-state index in [1.165, 1.54) is 0 Å². The van der Waals surface area contributed by atoms with Gasteiger partial charge in [0, 0.05) is 0 Å². The van der Waals surface area contributed by atoms with Gasteiger partial charge in [-0.25, -0.2) is 0 Å². The molecule has 16 heavy (non-hydrogen) atoms. The van der Waals surface area contributed by atoms with Crippen LogP contribution in [0.5, 0.6) is 5.75 Å². The first-order valence-electron chi connectivity index (χ1n) is 5.38. The van der Waals surface area contributed by atoms with E-state index in [-0.39, 0.29) is 6.61 Å². The molecule has 1 aromatic rings. The van der Waals surface area contributed by atoms with Crippen LogP contribution >= 0.6 is 0 Å². The van der Waals surface area contributed by atoms with E-state index < -0.39 is 5.54 Å². The number of ether oxygens (including phenoxy) is 1. The topological polar surface area (TPSA) is 59.0 Å². The molecule has 3 nitrogen and oxygen atoms in total. The van der Waals surface area contributed by atoms with Gasteiger partial charge >= 0.3 is 0 Å². The first-order chi connectivity index (χ1) is 7.46. The number of hydrogen-bond acceptors (Lipinski definition) is 3. The van der Waals surface area contributed by atoms with Crippen molar-refractivity contribution in [2.45, 2.75) is 32.2 Å². The predicted molar refractivity (Wildman–Crippen MR) is 64.2 cm³/mol. The van der Waals surface area contributed by atoms with Crippen molar-refractivity contribution >= 4 is 0 Å². The van der Waals surface area contributed by atoms with Crippen LogP contribution in [0.2, 0.25) is 0 Å². The summed E-state index contributed by atoms with van der Waals surface area (Å²) >= 11 is 0. The normalized spacial score (nSPS) is 14.2. The number of benzene rings is 1. The van der Waals surface area contributed by atoms with E-state index in [1.54, 1.807) is 6.92 Å². The summed E-state index contributed by atoms with van der Waals surface area (Å²) in [5, 5.41) is 8.80. The van der Waals surface area contributed by atoms with E-state index in [2.05, 4.69) is 13.8 Å². The van der Waals surface area contributed by atoms with Crippen LogP contribution in [0.15, 0.2) is 24.3 Å². The molecule has 0 aliphatic carbocycles. The molecule has 0 aliphatic rings. The molecule has 1 aromatic carbocycles. The van der Waals surface area contributed by atoms with Gasteiger partial charge in [0.05, 0.1) is 6.07 Å². The zero-order valence-corrected chi connectivity index (χ0v) is 10.0. The lowest BCUT2D eigenvalue weighted by molar-refractivity contribution is 0.261. The maximum atomic E-state index is 8.80. The van der Waals surface area contributed by atoms with Gasteiger partial charge in [0.15, 0.2) is 0 Å². The second-order valence-corrected chi connectivity index (χ2v) is 4.51.